The Kier molecular flexibility index (Phi) is 5.10. The zero-order valence-electron chi connectivity index (χ0n) is 11.4. The summed E-state index contributed by atoms with van der Waals surface area (Å²) in [6.07, 6.45) is 2.63. The normalized spacial score (nSPS) is 16.1. The van der Waals surface area contributed by atoms with Crippen molar-refractivity contribution in [3.8, 4) is 0 Å². The molecule has 0 radical (unpaired) electrons. The first kappa shape index (κ1) is 14.9. The Morgan fingerprint density at radius 3 is 2.75 bits per heavy atom. The summed E-state index contributed by atoms with van der Waals surface area (Å²) in [4.78, 5) is 10.5. The molecule has 2 N–H and O–H groups in total. The zero-order valence-corrected chi connectivity index (χ0v) is 12.2. The Bertz CT molecular complexity index is 531. The molecule has 1 aliphatic heterocycles. The van der Waals surface area contributed by atoms with Crippen molar-refractivity contribution in [2.24, 2.45) is 0 Å². The summed E-state index contributed by atoms with van der Waals surface area (Å²) >= 11 is 0. The van der Waals surface area contributed by atoms with Crippen molar-refractivity contribution in [1.29, 1.82) is 0 Å². The van der Waals surface area contributed by atoms with Gasteiger partial charge in [0.2, 0.25) is 10.0 Å². The van der Waals surface area contributed by atoms with E-state index in [-0.39, 0.29) is 0 Å². The SMILES string of the molecule is CS(=O)(=O)NCCNc1cc(N2CCOCC2)ncn1. The molecule has 8 nitrogen and oxygen atoms in total. The van der Waals surface area contributed by atoms with E-state index in [4.69, 9.17) is 4.74 Å². The van der Waals surface area contributed by atoms with Crippen LogP contribution in [0, 0.1) is 0 Å². The highest BCUT2D eigenvalue weighted by atomic mass is 32.2. The summed E-state index contributed by atoms with van der Waals surface area (Å²) in [5.41, 5.74) is 0. The zero-order chi connectivity index (χ0) is 14.4. The molecular formula is C11H19N5O3S. The van der Waals surface area contributed by atoms with Gasteiger partial charge in [-0.05, 0) is 0 Å². The first-order chi connectivity index (χ1) is 9.54. The van der Waals surface area contributed by atoms with E-state index in [1.54, 1.807) is 0 Å². The van der Waals surface area contributed by atoms with Crippen LogP contribution in [0.1, 0.15) is 0 Å². The minimum atomic E-state index is -3.15. The van der Waals surface area contributed by atoms with Crippen molar-refractivity contribution >= 4 is 21.7 Å². The molecule has 0 aliphatic carbocycles. The smallest absolute Gasteiger partial charge is 0.208 e. The fraction of sp³-hybridized carbons (Fsp3) is 0.636. The molecule has 0 unspecified atom stereocenters. The number of nitrogens with zero attached hydrogens (tertiary/aromatic N) is 3. The highest BCUT2D eigenvalue weighted by molar-refractivity contribution is 7.88. The lowest BCUT2D eigenvalue weighted by molar-refractivity contribution is 0.122. The van der Waals surface area contributed by atoms with Gasteiger partial charge in [-0.1, -0.05) is 0 Å². The topological polar surface area (TPSA) is 96.5 Å². The van der Waals surface area contributed by atoms with E-state index in [9.17, 15) is 8.42 Å². The monoisotopic (exact) mass is 301 g/mol. The predicted octanol–water partition coefficient (Wildman–Crippen LogP) is -0.726. The first-order valence-electron chi connectivity index (χ1n) is 6.38. The van der Waals surface area contributed by atoms with Crippen LogP contribution in [0.25, 0.3) is 0 Å². The number of morpholine rings is 1. The molecule has 2 heterocycles. The number of sulfonamides is 1. The fourth-order valence-electron chi connectivity index (χ4n) is 1.84. The standard InChI is InChI=1S/C11H19N5O3S/c1-20(17,18)15-3-2-12-10-8-11(14-9-13-10)16-4-6-19-7-5-16/h8-9,15H,2-7H2,1H3,(H,12,13,14). The summed E-state index contributed by atoms with van der Waals surface area (Å²) in [6, 6.07) is 1.85. The van der Waals surface area contributed by atoms with E-state index in [1.807, 2.05) is 6.07 Å². The van der Waals surface area contributed by atoms with E-state index in [0.29, 0.717) is 32.1 Å². The highest BCUT2D eigenvalue weighted by Crippen LogP contribution is 2.14. The number of rotatable bonds is 6. The van der Waals surface area contributed by atoms with Crippen LogP contribution in [0.4, 0.5) is 11.6 Å². The Balaban J connectivity index is 1.86. The summed E-state index contributed by atoms with van der Waals surface area (Å²) in [7, 11) is -3.15. The van der Waals surface area contributed by atoms with Gasteiger partial charge < -0.3 is 15.0 Å². The van der Waals surface area contributed by atoms with Gasteiger partial charge in [-0.2, -0.15) is 0 Å². The maximum atomic E-state index is 10.9. The van der Waals surface area contributed by atoms with Crippen LogP contribution in [-0.2, 0) is 14.8 Å². The molecule has 0 aromatic carbocycles. The molecule has 0 amide bonds. The van der Waals surface area contributed by atoms with Crippen LogP contribution in [0.15, 0.2) is 12.4 Å². The number of ether oxygens (including phenoxy) is 1. The third kappa shape index (κ3) is 4.91. The summed E-state index contributed by atoms with van der Waals surface area (Å²) in [6.45, 7) is 3.80. The molecule has 0 spiro atoms. The van der Waals surface area contributed by atoms with Gasteiger partial charge in [-0.15, -0.1) is 0 Å². The van der Waals surface area contributed by atoms with E-state index < -0.39 is 10.0 Å². The van der Waals surface area contributed by atoms with Crippen LogP contribution >= 0.6 is 0 Å². The maximum Gasteiger partial charge on any atom is 0.208 e. The van der Waals surface area contributed by atoms with Crippen molar-refractivity contribution in [2.45, 2.75) is 0 Å². The maximum absolute atomic E-state index is 10.9. The van der Waals surface area contributed by atoms with Crippen molar-refractivity contribution in [2.75, 3.05) is 55.9 Å². The lowest BCUT2D eigenvalue weighted by Gasteiger charge is -2.27. The molecule has 1 saturated heterocycles. The molecule has 0 atom stereocenters. The second-order valence-electron chi connectivity index (χ2n) is 4.45. The summed E-state index contributed by atoms with van der Waals surface area (Å²) < 4.78 is 29.5. The van der Waals surface area contributed by atoms with Crippen LogP contribution in [0.2, 0.25) is 0 Å². The van der Waals surface area contributed by atoms with E-state index in [2.05, 4.69) is 24.9 Å². The number of aromatic nitrogens is 2. The molecular weight excluding hydrogens is 282 g/mol. The van der Waals surface area contributed by atoms with E-state index >= 15 is 0 Å². The summed E-state index contributed by atoms with van der Waals surface area (Å²) in [5.74, 6) is 1.53. The van der Waals surface area contributed by atoms with Gasteiger partial charge in [-0.25, -0.2) is 23.1 Å². The van der Waals surface area contributed by atoms with Crippen molar-refractivity contribution in [3.63, 3.8) is 0 Å². The Morgan fingerprint density at radius 2 is 2.05 bits per heavy atom. The van der Waals surface area contributed by atoms with Crippen LogP contribution in [0.5, 0.6) is 0 Å². The van der Waals surface area contributed by atoms with Crippen LogP contribution < -0.4 is 14.9 Å². The van der Waals surface area contributed by atoms with Gasteiger partial charge in [0.15, 0.2) is 0 Å². The lowest BCUT2D eigenvalue weighted by Crippen LogP contribution is -2.36. The largest absolute Gasteiger partial charge is 0.378 e. The van der Waals surface area contributed by atoms with Crippen LogP contribution in [-0.4, -0.2) is 64.0 Å². The van der Waals surface area contributed by atoms with Crippen LogP contribution in [0.3, 0.4) is 0 Å². The second-order valence-corrected chi connectivity index (χ2v) is 6.29. The van der Waals surface area contributed by atoms with Gasteiger partial charge in [0.1, 0.15) is 18.0 Å². The molecule has 112 valence electrons. The number of hydrogen-bond acceptors (Lipinski definition) is 7. The van der Waals surface area contributed by atoms with Crippen molar-refractivity contribution in [1.82, 2.24) is 14.7 Å². The average molecular weight is 301 g/mol. The van der Waals surface area contributed by atoms with Gasteiger partial charge >= 0.3 is 0 Å². The van der Waals surface area contributed by atoms with Gasteiger partial charge in [0.25, 0.3) is 0 Å². The molecule has 2 rings (SSSR count). The number of hydrogen-bond donors (Lipinski definition) is 2. The third-order valence-corrected chi connectivity index (χ3v) is 3.51. The molecule has 1 aromatic rings. The Hall–Kier alpha value is -1.45. The van der Waals surface area contributed by atoms with Crippen molar-refractivity contribution in [3.05, 3.63) is 12.4 Å². The molecule has 0 bridgehead atoms. The van der Waals surface area contributed by atoms with E-state index in [0.717, 1.165) is 25.2 Å². The molecule has 9 heteroatoms. The lowest BCUT2D eigenvalue weighted by atomic mass is 10.4. The van der Waals surface area contributed by atoms with Gasteiger partial charge in [0, 0.05) is 32.2 Å². The number of anilines is 2. The summed E-state index contributed by atoms with van der Waals surface area (Å²) in [5, 5.41) is 3.06. The Labute approximate surface area is 118 Å². The Morgan fingerprint density at radius 1 is 1.30 bits per heavy atom. The van der Waals surface area contributed by atoms with Gasteiger partial charge in [-0.3, -0.25) is 0 Å². The first-order valence-corrected chi connectivity index (χ1v) is 8.27. The molecule has 1 fully saturated rings. The predicted molar refractivity (Wildman–Crippen MR) is 76.4 cm³/mol. The molecule has 20 heavy (non-hydrogen) atoms. The quantitative estimate of drug-likeness (QED) is 0.669. The second kappa shape index (κ2) is 6.82. The minimum absolute atomic E-state index is 0.315. The third-order valence-electron chi connectivity index (χ3n) is 2.78. The fourth-order valence-corrected chi connectivity index (χ4v) is 2.31. The van der Waals surface area contributed by atoms with Gasteiger partial charge in [0.05, 0.1) is 19.5 Å². The number of nitrogens with one attached hydrogen (secondary N) is 2. The van der Waals surface area contributed by atoms with E-state index in [1.165, 1.54) is 6.33 Å². The molecule has 1 aromatic heterocycles. The average Bonchev–Trinajstić information content (AvgIpc) is 2.44. The molecule has 1 aliphatic rings. The highest BCUT2D eigenvalue weighted by Gasteiger charge is 2.12. The van der Waals surface area contributed by atoms with Crippen molar-refractivity contribution < 1.29 is 13.2 Å². The molecule has 0 saturated carbocycles. The minimum Gasteiger partial charge on any atom is -0.378 e.